The molecule has 62 valence electrons. The van der Waals surface area contributed by atoms with Gasteiger partial charge in [-0.15, -0.1) is 0 Å². The molecule has 2 nitrogen and oxygen atoms in total. The Kier molecular flexibility index (Phi) is 1.57. The van der Waals surface area contributed by atoms with Crippen molar-refractivity contribution in [2.45, 2.75) is 12.8 Å². The van der Waals surface area contributed by atoms with Crippen molar-refractivity contribution in [3.8, 4) is 5.75 Å². The van der Waals surface area contributed by atoms with Gasteiger partial charge in [0.05, 0.1) is 6.42 Å². The number of para-hydroxylation sites is 1. The third kappa shape index (κ3) is 1.07. The Morgan fingerprint density at radius 3 is 3.00 bits per heavy atom. The Hall–Kier alpha value is -1.38. The lowest BCUT2D eigenvalue weighted by atomic mass is 10.1. The van der Waals surface area contributed by atoms with Gasteiger partial charge in [0, 0.05) is 0 Å². The molecule has 0 unspecified atom stereocenters. The van der Waals surface area contributed by atoms with Gasteiger partial charge in [0.1, 0.15) is 0 Å². The van der Waals surface area contributed by atoms with Crippen LogP contribution >= 0.6 is 0 Å². The van der Waals surface area contributed by atoms with Gasteiger partial charge in [-0.25, -0.2) is 4.39 Å². The molecule has 0 radical (unpaired) electrons. The average Bonchev–Trinajstić information content (AvgIpc) is 2.07. The van der Waals surface area contributed by atoms with Crippen LogP contribution in [0.15, 0.2) is 18.2 Å². The van der Waals surface area contributed by atoms with Crippen LogP contribution in [-0.4, -0.2) is 5.97 Å². The summed E-state index contributed by atoms with van der Waals surface area (Å²) >= 11 is 0. The highest BCUT2D eigenvalue weighted by Crippen LogP contribution is 2.27. The number of hydrogen-bond acceptors (Lipinski definition) is 2. The van der Waals surface area contributed by atoms with E-state index in [1.165, 1.54) is 6.07 Å². The third-order valence-corrected chi connectivity index (χ3v) is 1.86. The summed E-state index contributed by atoms with van der Waals surface area (Å²) in [6.45, 7) is 0. The lowest BCUT2D eigenvalue weighted by Gasteiger charge is -2.14. The van der Waals surface area contributed by atoms with Crippen molar-refractivity contribution in [1.82, 2.24) is 0 Å². The van der Waals surface area contributed by atoms with Crippen molar-refractivity contribution >= 4 is 5.97 Å². The van der Waals surface area contributed by atoms with E-state index in [0.29, 0.717) is 12.8 Å². The average molecular weight is 166 g/mol. The predicted octanol–water partition coefficient (Wildman–Crippen LogP) is 1.68. The first kappa shape index (κ1) is 7.28. The number of carbonyl (C=O) groups excluding carboxylic acids is 1. The predicted molar refractivity (Wildman–Crippen MR) is 40.4 cm³/mol. The van der Waals surface area contributed by atoms with E-state index in [1.54, 1.807) is 12.1 Å². The van der Waals surface area contributed by atoms with E-state index < -0.39 is 5.82 Å². The summed E-state index contributed by atoms with van der Waals surface area (Å²) in [5, 5.41) is 0. The zero-order valence-corrected chi connectivity index (χ0v) is 6.34. The summed E-state index contributed by atoms with van der Waals surface area (Å²) in [5.74, 6) is -0.707. The summed E-state index contributed by atoms with van der Waals surface area (Å²) in [4.78, 5) is 10.8. The number of fused-ring (bicyclic) bond motifs is 1. The van der Waals surface area contributed by atoms with E-state index in [9.17, 15) is 9.18 Å². The lowest BCUT2D eigenvalue weighted by Crippen LogP contribution is -2.16. The quantitative estimate of drug-likeness (QED) is 0.433. The summed E-state index contributed by atoms with van der Waals surface area (Å²) in [5.41, 5.74) is 0.773. The summed E-state index contributed by atoms with van der Waals surface area (Å²) < 4.78 is 17.7. The van der Waals surface area contributed by atoms with Crippen LogP contribution in [0.25, 0.3) is 0 Å². The molecule has 0 fully saturated rings. The second-order valence-corrected chi connectivity index (χ2v) is 2.70. The van der Waals surface area contributed by atoms with E-state index in [0.717, 1.165) is 5.56 Å². The highest BCUT2D eigenvalue weighted by atomic mass is 19.1. The Morgan fingerprint density at radius 2 is 2.17 bits per heavy atom. The highest BCUT2D eigenvalue weighted by Gasteiger charge is 2.19. The Bertz CT molecular complexity index is 333. The van der Waals surface area contributed by atoms with Crippen molar-refractivity contribution < 1.29 is 13.9 Å². The van der Waals surface area contributed by atoms with Crippen LogP contribution in [0.1, 0.15) is 12.0 Å². The van der Waals surface area contributed by atoms with Crippen LogP contribution in [0.4, 0.5) is 4.39 Å². The molecule has 0 spiro atoms. The summed E-state index contributed by atoms with van der Waals surface area (Å²) in [6.07, 6.45) is 0.919. The number of rotatable bonds is 0. The van der Waals surface area contributed by atoms with E-state index >= 15 is 0 Å². The molecule has 2 rings (SSSR count). The maximum Gasteiger partial charge on any atom is 0.311 e. The molecular weight excluding hydrogens is 159 g/mol. The SMILES string of the molecule is O=C1CCc2cccc(F)c2O1. The Morgan fingerprint density at radius 1 is 1.33 bits per heavy atom. The van der Waals surface area contributed by atoms with Gasteiger partial charge in [0.25, 0.3) is 0 Å². The summed E-state index contributed by atoms with van der Waals surface area (Å²) in [7, 11) is 0. The van der Waals surface area contributed by atoms with Gasteiger partial charge in [-0.2, -0.15) is 0 Å². The first-order valence-corrected chi connectivity index (χ1v) is 3.75. The molecule has 0 N–H and O–H groups in total. The second-order valence-electron chi connectivity index (χ2n) is 2.70. The van der Waals surface area contributed by atoms with Crippen molar-refractivity contribution in [2.75, 3.05) is 0 Å². The van der Waals surface area contributed by atoms with E-state index in [1.807, 2.05) is 0 Å². The largest absolute Gasteiger partial charge is 0.423 e. The second kappa shape index (κ2) is 2.59. The van der Waals surface area contributed by atoms with Gasteiger partial charge in [0.15, 0.2) is 11.6 Å². The fraction of sp³-hybridized carbons (Fsp3) is 0.222. The number of esters is 1. The minimum Gasteiger partial charge on any atom is -0.423 e. The van der Waals surface area contributed by atoms with Gasteiger partial charge in [-0.3, -0.25) is 4.79 Å². The topological polar surface area (TPSA) is 26.3 Å². The molecule has 1 aromatic rings. The monoisotopic (exact) mass is 166 g/mol. The molecule has 0 aromatic heterocycles. The van der Waals surface area contributed by atoms with Crippen molar-refractivity contribution in [1.29, 1.82) is 0 Å². The fourth-order valence-electron chi connectivity index (χ4n) is 1.27. The standard InChI is InChI=1S/C9H7FO2/c10-7-3-1-2-6-4-5-8(11)12-9(6)7/h1-3H,4-5H2. The molecule has 0 amide bonds. The molecule has 0 saturated heterocycles. The van der Waals surface area contributed by atoms with Crippen LogP contribution < -0.4 is 4.74 Å². The van der Waals surface area contributed by atoms with Gasteiger partial charge in [-0.05, 0) is 18.1 Å². The first-order valence-electron chi connectivity index (χ1n) is 3.75. The molecule has 0 bridgehead atoms. The van der Waals surface area contributed by atoms with Crippen LogP contribution in [-0.2, 0) is 11.2 Å². The van der Waals surface area contributed by atoms with E-state index in [2.05, 4.69) is 0 Å². The minimum absolute atomic E-state index is 0.105. The van der Waals surface area contributed by atoms with Gasteiger partial charge < -0.3 is 4.74 Å². The zero-order chi connectivity index (χ0) is 8.55. The van der Waals surface area contributed by atoms with E-state index in [-0.39, 0.29) is 11.7 Å². The smallest absolute Gasteiger partial charge is 0.311 e. The number of carbonyl (C=O) groups is 1. The number of ether oxygens (including phenoxy) is 1. The minimum atomic E-state index is -0.458. The molecular formula is C9H7FO2. The number of benzene rings is 1. The molecule has 1 heterocycles. The molecule has 12 heavy (non-hydrogen) atoms. The molecule has 0 aliphatic carbocycles. The molecule has 1 aliphatic rings. The highest BCUT2D eigenvalue weighted by molar-refractivity contribution is 5.75. The maximum absolute atomic E-state index is 13.0. The fourth-order valence-corrected chi connectivity index (χ4v) is 1.27. The zero-order valence-electron chi connectivity index (χ0n) is 6.34. The van der Waals surface area contributed by atoms with Gasteiger partial charge >= 0.3 is 5.97 Å². The number of aryl methyl sites for hydroxylation is 1. The normalized spacial score (nSPS) is 15.2. The van der Waals surface area contributed by atoms with Gasteiger partial charge in [-0.1, -0.05) is 12.1 Å². The molecule has 0 atom stereocenters. The van der Waals surface area contributed by atoms with Crippen molar-refractivity contribution in [3.05, 3.63) is 29.6 Å². The van der Waals surface area contributed by atoms with E-state index in [4.69, 9.17) is 4.74 Å². The number of halogens is 1. The molecule has 0 saturated carbocycles. The van der Waals surface area contributed by atoms with Crippen LogP contribution in [0.2, 0.25) is 0 Å². The molecule has 1 aromatic carbocycles. The van der Waals surface area contributed by atoms with Gasteiger partial charge in [0.2, 0.25) is 0 Å². The summed E-state index contributed by atoms with van der Waals surface area (Å²) in [6, 6.07) is 4.68. The maximum atomic E-state index is 13.0. The van der Waals surface area contributed by atoms with Crippen molar-refractivity contribution in [3.63, 3.8) is 0 Å². The molecule has 1 aliphatic heterocycles. The Labute approximate surface area is 69.0 Å². The number of hydrogen-bond donors (Lipinski definition) is 0. The Balaban J connectivity index is 2.50. The first-order chi connectivity index (χ1) is 5.77. The van der Waals surface area contributed by atoms with Crippen molar-refractivity contribution in [2.24, 2.45) is 0 Å². The van der Waals surface area contributed by atoms with Crippen LogP contribution in [0, 0.1) is 5.82 Å². The van der Waals surface area contributed by atoms with Crippen LogP contribution in [0.5, 0.6) is 5.75 Å². The molecule has 3 heteroatoms. The lowest BCUT2D eigenvalue weighted by molar-refractivity contribution is -0.135. The third-order valence-electron chi connectivity index (χ3n) is 1.86. The van der Waals surface area contributed by atoms with Crippen LogP contribution in [0.3, 0.4) is 0 Å².